The van der Waals surface area contributed by atoms with Gasteiger partial charge in [0.2, 0.25) is 5.91 Å². The Balaban J connectivity index is 4.18. The van der Waals surface area contributed by atoms with Gasteiger partial charge in [0.25, 0.3) is 0 Å². The van der Waals surface area contributed by atoms with Crippen molar-refractivity contribution in [3.63, 3.8) is 0 Å². The molecule has 1 radical (unpaired) electrons. The molecule has 0 spiro atoms. The number of nitrogens with one attached hydrogen (secondary N) is 2. The van der Waals surface area contributed by atoms with Crippen molar-refractivity contribution < 1.29 is 4.79 Å². The van der Waals surface area contributed by atoms with Crippen molar-refractivity contribution in [2.45, 2.75) is 39.8 Å². The average molecular weight is 216 g/mol. The Bertz CT molecular complexity index is 214. The van der Waals surface area contributed by atoms with Crippen molar-refractivity contribution >= 4 is 22.8 Å². The lowest BCUT2D eigenvalue weighted by atomic mass is 10.4. The molecule has 1 amide bonds. The molecule has 14 heavy (non-hydrogen) atoms. The Kier molecular flexibility index (Phi) is 6.36. The largest absolute Gasteiger partial charge is 0.363 e. The number of aliphatic imine (C=N–C) groups is 1. The molecule has 0 unspecified atom stereocenters. The minimum Gasteiger partial charge on any atom is -0.363 e. The van der Waals surface area contributed by atoms with Crippen molar-refractivity contribution in [1.29, 1.82) is 0 Å². The zero-order valence-corrected chi connectivity index (χ0v) is 9.94. The first-order valence-corrected chi connectivity index (χ1v) is 5.62. The Morgan fingerprint density at radius 3 is 2.36 bits per heavy atom. The van der Waals surface area contributed by atoms with Crippen molar-refractivity contribution in [1.82, 2.24) is 11.1 Å². The number of thioether (sulfide) groups is 1. The molecule has 5 heteroatoms. The summed E-state index contributed by atoms with van der Waals surface area (Å²) in [5.74, 6) is -0.414. The lowest BCUT2D eigenvalue weighted by molar-refractivity contribution is -0.116. The highest BCUT2D eigenvalue weighted by molar-refractivity contribution is 8.14. The normalized spacial score (nSPS) is 12.3. The highest BCUT2D eigenvalue weighted by Crippen LogP contribution is 2.04. The van der Waals surface area contributed by atoms with Crippen molar-refractivity contribution in [3.05, 3.63) is 0 Å². The molecule has 4 nitrogen and oxygen atoms in total. The van der Waals surface area contributed by atoms with Gasteiger partial charge in [0.05, 0.1) is 5.75 Å². The van der Waals surface area contributed by atoms with Crippen molar-refractivity contribution in [2.24, 2.45) is 4.99 Å². The SMILES string of the molecule is CC(C)/N=C(\NC(C)C)SCC([NH])=O. The molecule has 0 aromatic rings. The van der Waals surface area contributed by atoms with E-state index in [2.05, 4.69) is 10.3 Å². The van der Waals surface area contributed by atoms with E-state index in [1.807, 2.05) is 27.7 Å². The van der Waals surface area contributed by atoms with Gasteiger partial charge in [-0.25, -0.2) is 0 Å². The third-order valence-electron chi connectivity index (χ3n) is 1.13. The summed E-state index contributed by atoms with van der Waals surface area (Å²) in [6.45, 7) is 7.98. The number of hydrogen-bond donors (Lipinski definition) is 1. The maximum absolute atomic E-state index is 10.5. The predicted octanol–water partition coefficient (Wildman–Crippen LogP) is 1.29. The average Bonchev–Trinajstić information content (AvgIpc) is 1.97. The summed E-state index contributed by atoms with van der Waals surface area (Å²) in [5.41, 5.74) is 6.79. The van der Waals surface area contributed by atoms with Crippen LogP contribution in [0.1, 0.15) is 27.7 Å². The monoisotopic (exact) mass is 216 g/mol. The van der Waals surface area contributed by atoms with Crippen LogP contribution in [0, 0.1) is 0 Å². The number of amides is 1. The van der Waals surface area contributed by atoms with Gasteiger partial charge in [0.1, 0.15) is 0 Å². The molecule has 81 valence electrons. The van der Waals surface area contributed by atoms with Gasteiger partial charge in [-0.1, -0.05) is 11.8 Å². The molecule has 0 aliphatic carbocycles. The van der Waals surface area contributed by atoms with Gasteiger partial charge >= 0.3 is 0 Å². The van der Waals surface area contributed by atoms with Crippen LogP contribution in [0.2, 0.25) is 0 Å². The molecule has 2 N–H and O–H groups in total. The van der Waals surface area contributed by atoms with Gasteiger partial charge in [0.15, 0.2) is 5.17 Å². The van der Waals surface area contributed by atoms with E-state index in [1.165, 1.54) is 11.8 Å². The van der Waals surface area contributed by atoms with Crippen LogP contribution in [0.15, 0.2) is 4.99 Å². The number of nitrogens with zero attached hydrogens (tertiary/aromatic N) is 1. The van der Waals surface area contributed by atoms with Crippen LogP contribution in [0.4, 0.5) is 0 Å². The predicted molar refractivity (Wildman–Crippen MR) is 61.4 cm³/mol. The zero-order chi connectivity index (χ0) is 11.1. The van der Waals surface area contributed by atoms with Crippen LogP contribution in [-0.4, -0.2) is 28.9 Å². The summed E-state index contributed by atoms with van der Waals surface area (Å²) >= 11 is 1.29. The smallest absolute Gasteiger partial charge is 0.248 e. The standard InChI is InChI=1S/C9H18N3OS/c1-6(2)11-9(12-7(3)4)14-5-8(10)13/h6-7,10H,5H2,1-4H3,(H,11,12). The molecule has 0 aromatic heterocycles. The first kappa shape index (κ1) is 13.3. The van der Waals surface area contributed by atoms with E-state index in [1.54, 1.807) is 0 Å². The molecular weight excluding hydrogens is 198 g/mol. The summed E-state index contributed by atoms with van der Waals surface area (Å²) in [6.07, 6.45) is 0. The number of rotatable bonds is 4. The maximum atomic E-state index is 10.5. The van der Waals surface area contributed by atoms with Gasteiger partial charge in [-0.15, -0.1) is 0 Å². The number of amidine groups is 1. The highest BCUT2D eigenvalue weighted by atomic mass is 32.2. The first-order valence-electron chi connectivity index (χ1n) is 4.63. The van der Waals surface area contributed by atoms with Gasteiger partial charge in [-0.3, -0.25) is 15.5 Å². The third-order valence-corrected chi connectivity index (χ3v) is 2.03. The fraction of sp³-hybridized carbons (Fsp3) is 0.778. The minimum absolute atomic E-state index is 0.158. The van der Waals surface area contributed by atoms with E-state index in [0.29, 0.717) is 6.04 Å². The molecule has 0 saturated heterocycles. The van der Waals surface area contributed by atoms with Crippen LogP contribution >= 0.6 is 11.8 Å². The lowest BCUT2D eigenvalue weighted by Crippen LogP contribution is -2.29. The molecule has 0 aliphatic heterocycles. The second kappa shape index (κ2) is 6.70. The lowest BCUT2D eigenvalue weighted by Gasteiger charge is -2.12. The van der Waals surface area contributed by atoms with Crippen LogP contribution in [0.5, 0.6) is 0 Å². The van der Waals surface area contributed by atoms with Crippen molar-refractivity contribution in [3.8, 4) is 0 Å². The van der Waals surface area contributed by atoms with Crippen LogP contribution in [0.3, 0.4) is 0 Å². The number of carbonyl (C=O) groups excluding carboxylic acids is 1. The molecular formula is C9H18N3OS. The maximum Gasteiger partial charge on any atom is 0.248 e. The Labute approximate surface area is 89.7 Å². The van der Waals surface area contributed by atoms with Gasteiger partial charge < -0.3 is 5.32 Å². The summed E-state index contributed by atoms with van der Waals surface area (Å²) in [5, 5.41) is 3.89. The van der Waals surface area contributed by atoms with E-state index < -0.39 is 5.91 Å². The molecule has 0 bridgehead atoms. The van der Waals surface area contributed by atoms with Crippen LogP contribution < -0.4 is 11.1 Å². The van der Waals surface area contributed by atoms with E-state index in [9.17, 15) is 4.79 Å². The summed E-state index contributed by atoms with van der Waals surface area (Å²) in [4.78, 5) is 14.8. The van der Waals surface area contributed by atoms with Gasteiger partial charge in [-0.05, 0) is 27.7 Å². The molecule has 0 rings (SSSR count). The fourth-order valence-corrected chi connectivity index (χ4v) is 1.60. The quantitative estimate of drug-likeness (QED) is 0.569. The molecule has 0 saturated carbocycles. The van der Waals surface area contributed by atoms with E-state index in [0.717, 1.165) is 5.17 Å². The van der Waals surface area contributed by atoms with Gasteiger partial charge in [0, 0.05) is 12.1 Å². The molecule has 0 aromatic carbocycles. The topological polar surface area (TPSA) is 65.3 Å². The minimum atomic E-state index is -0.572. The van der Waals surface area contributed by atoms with E-state index in [-0.39, 0.29) is 11.8 Å². The zero-order valence-electron chi connectivity index (χ0n) is 9.13. The molecule has 0 atom stereocenters. The number of hydrogen-bond acceptors (Lipinski definition) is 3. The van der Waals surface area contributed by atoms with E-state index >= 15 is 0 Å². The second-order valence-electron chi connectivity index (χ2n) is 3.54. The summed E-state index contributed by atoms with van der Waals surface area (Å²) in [7, 11) is 0. The summed E-state index contributed by atoms with van der Waals surface area (Å²) in [6, 6.07) is 0.491. The van der Waals surface area contributed by atoms with Crippen LogP contribution in [-0.2, 0) is 4.79 Å². The van der Waals surface area contributed by atoms with Gasteiger partial charge in [-0.2, -0.15) is 0 Å². The fourth-order valence-electron chi connectivity index (χ4n) is 0.732. The number of carbonyl (C=O) groups is 1. The molecule has 0 fully saturated rings. The van der Waals surface area contributed by atoms with Crippen molar-refractivity contribution in [2.75, 3.05) is 5.75 Å². The highest BCUT2D eigenvalue weighted by Gasteiger charge is 2.05. The van der Waals surface area contributed by atoms with E-state index in [4.69, 9.17) is 5.73 Å². The summed E-state index contributed by atoms with van der Waals surface area (Å²) < 4.78 is 0. The Morgan fingerprint density at radius 1 is 1.43 bits per heavy atom. The first-order chi connectivity index (χ1) is 6.41. The molecule has 0 heterocycles. The van der Waals surface area contributed by atoms with Crippen LogP contribution in [0.25, 0.3) is 0 Å². The Hall–Kier alpha value is -0.710. The molecule has 0 aliphatic rings. The Morgan fingerprint density at radius 2 is 2.00 bits per heavy atom. The third kappa shape index (κ3) is 7.91. The second-order valence-corrected chi connectivity index (χ2v) is 4.50.